The first-order valence-electron chi connectivity index (χ1n) is 32.8. The van der Waals surface area contributed by atoms with Gasteiger partial charge in [0.2, 0.25) is 12.4 Å². The fourth-order valence-corrected chi connectivity index (χ4v) is 12.1. The molecule has 0 unspecified atom stereocenters. The van der Waals surface area contributed by atoms with Gasteiger partial charge in [0.1, 0.15) is 29.8 Å². The van der Waals surface area contributed by atoms with E-state index < -0.39 is 113 Å². The molecule has 28 heteroatoms. The lowest BCUT2D eigenvalue weighted by Gasteiger charge is -2.45. The van der Waals surface area contributed by atoms with E-state index in [1.165, 1.54) is 22.3 Å². The molecule has 570 valence electrons. The van der Waals surface area contributed by atoms with Crippen molar-refractivity contribution in [3.63, 3.8) is 0 Å². The number of halogens is 10. The number of hydrogen-bond acceptors (Lipinski definition) is 18. The molecule has 5 aromatic carbocycles. The van der Waals surface area contributed by atoms with E-state index in [1.54, 1.807) is 106 Å². The van der Waals surface area contributed by atoms with Gasteiger partial charge in [-0.05, 0) is 133 Å². The highest BCUT2D eigenvalue weighted by atomic mass is 127. The normalized spacial score (nSPS) is 19.6. The van der Waals surface area contributed by atoms with Crippen LogP contribution in [0.1, 0.15) is 189 Å². The maximum Gasteiger partial charge on any atom is 0.323 e. The molecule has 0 saturated carbocycles. The van der Waals surface area contributed by atoms with Crippen LogP contribution in [0.2, 0.25) is 0 Å². The van der Waals surface area contributed by atoms with Gasteiger partial charge in [-0.3, -0.25) is 38.4 Å². The molecule has 2 aliphatic rings. The average Bonchev–Trinajstić information content (AvgIpc) is 1.34. The number of carbonyl (C=O) groups excluding carboxylic acids is 8. The van der Waals surface area contributed by atoms with Gasteiger partial charge in [0.05, 0.1) is 22.8 Å². The maximum atomic E-state index is 13.2. The Balaban J connectivity index is 0.000000260. The highest BCUT2D eigenvalue weighted by Crippen LogP contribution is 2.44. The summed E-state index contributed by atoms with van der Waals surface area (Å²) in [6, 6.07) is 39.0. The summed E-state index contributed by atoms with van der Waals surface area (Å²) < 4.78 is 54.6. The third kappa shape index (κ3) is 27.3. The molecule has 3 heterocycles. The smallest absolute Gasteiger partial charge is 0.323 e. The quantitative estimate of drug-likeness (QED) is 0.0180. The van der Waals surface area contributed by atoms with Gasteiger partial charge >= 0.3 is 29.8 Å². The summed E-state index contributed by atoms with van der Waals surface area (Å²) in [5.41, 5.74) is 11.4. The van der Waals surface area contributed by atoms with Gasteiger partial charge in [0.15, 0.2) is 48.4 Å². The third-order valence-corrected chi connectivity index (χ3v) is 21.0. The van der Waals surface area contributed by atoms with Crippen LogP contribution < -0.4 is 0 Å². The highest BCUT2D eigenvalue weighted by Gasteiger charge is 2.57. The Morgan fingerprint density at radius 2 is 0.610 bits per heavy atom. The maximum absolute atomic E-state index is 13.2. The summed E-state index contributed by atoms with van der Waals surface area (Å²) in [6.45, 7) is 27.0. The minimum Gasteiger partial charge on any atom is -0.471 e. The number of benzene rings is 5. The number of hydrogen-bond donors (Lipinski definition) is 0. The van der Waals surface area contributed by atoms with Crippen molar-refractivity contribution < 1.29 is 85.4 Å². The van der Waals surface area contributed by atoms with Crippen molar-refractivity contribution in [1.82, 2.24) is 0 Å². The molecule has 0 aliphatic carbocycles. The zero-order valence-electron chi connectivity index (χ0n) is 60.6. The second-order valence-electron chi connectivity index (χ2n) is 28.6. The Morgan fingerprint density at radius 3 is 0.886 bits per heavy atom. The van der Waals surface area contributed by atoms with Gasteiger partial charge in [0.25, 0.3) is 0 Å². The van der Waals surface area contributed by atoms with E-state index in [2.05, 4.69) is 161 Å². The van der Waals surface area contributed by atoms with E-state index in [1.807, 2.05) is 203 Å². The van der Waals surface area contributed by atoms with Gasteiger partial charge in [-0.1, -0.05) is 347 Å². The first-order chi connectivity index (χ1) is 48.3. The standard InChI is InChI=1S/C33H33I3O6.C26H37I5O11.C18H14I2O/c1-31(2,34)25(37)19-7-13-22(14-8-19)28-40-29(23-15-9-20(10-16-23)26(38)32(3,4)35)42-30(41-28)24-17-11-21(12-18-24)27(39)33(5,6)36;1-22(2,27)17(32)37-11-12-13(39-18(33)23(3,4)28)14(40-19(34)24(5,6)29)15(41-20(35)25(7,8)30)16(38-12)42-21(36)26(9,10)31;19-9-13-1-5-15(6-2-13)17-11-21-12-18(17)16-7-3-14(10-20)4-8-16/h7-18,28-30H,1-6H3;12-16H,11H2,1-10H3;1-8,11-12H,9-10H2/t;12-,13-,14+,15-,16-;/m.1./s1. The fourth-order valence-electron chi connectivity index (χ4n) is 9.48. The monoisotopic (exact) mass is 2570 g/mol. The van der Waals surface area contributed by atoms with Crippen molar-refractivity contribution in [2.75, 3.05) is 6.61 Å². The number of ether oxygens (including phenoxy) is 9. The largest absolute Gasteiger partial charge is 0.471 e. The van der Waals surface area contributed by atoms with Crippen LogP contribution in [0.15, 0.2) is 138 Å². The number of rotatable bonds is 24. The number of esters is 5. The SMILES string of the molecule is CC(C)(I)C(=O)OC[C@H]1O[C@H](OC(=O)C(C)(C)I)[C@H](OC(=O)C(C)(C)I)[C@@H](OC(=O)C(C)(C)I)[C@@H]1OC(=O)C(C)(C)I.CC(C)(I)C(=O)c1ccc(C2OC(c3ccc(C(=O)C(C)(C)I)cc3)OC(c3ccc(C(=O)C(C)(C)I)cc3)O2)cc1.ICc1ccc(-c2cocc2-c2ccc(CI)cc2)cc1. The van der Waals surface area contributed by atoms with Crippen LogP contribution in [-0.4, -0.2) is 112 Å². The summed E-state index contributed by atoms with van der Waals surface area (Å²) in [5, 5.41) is 0. The summed E-state index contributed by atoms with van der Waals surface area (Å²) in [7, 11) is 0. The molecular weight excluding hydrogens is 2480 g/mol. The third-order valence-electron chi connectivity index (χ3n) is 15.5. The van der Waals surface area contributed by atoms with Crippen LogP contribution in [0.3, 0.4) is 0 Å². The predicted molar refractivity (Wildman–Crippen MR) is 489 cm³/mol. The van der Waals surface area contributed by atoms with Crippen molar-refractivity contribution in [3.8, 4) is 22.3 Å². The van der Waals surface area contributed by atoms with Gasteiger partial charge in [0, 0.05) is 53.4 Å². The Bertz CT molecular complexity index is 3750. The number of furan rings is 1. The van der Waals surface area contributed by atoms with Crippen LogP contribution in [-0.2, 0) is 75.5 Å². The van der Waals surface area contributed by atoms with Gasteiger partial charge in [-0.2, -0.15) is 0 Å². The topological polar surface area (TPSA) is 233 Å². The summed E-state index contributed by atoms with van der Waals surface area (Å²) >= 11 is 20.6. The summed E-state index contributed by atoms with van der Waals surface area (Å²) in [6.07, 6.45) is -6.07. The summed E-state index contributed by atoms with van der Waals surface area (Å²) in [5.74, 6) is -3.33. The average molecular weight is 2570 g/mol. The molecule has 0 bridgehead atoms. The molecule has 1 aromatic heterocycles. The lowest BCUT2D eigenvalue weighted by atomic mass is 9.97. The van der Waals surface area contributed by atoms with Gasteiger partial charge in [-0.25, -0.2) is 0 Å². The van der Waals surface area contributed by atoms with Crippen LogP contribution in [0.25, 0.3) is 22.3 Å². The lowest BCUT2D eigenvalue weighted by Crippen LogP contribution is -2.65. The molecule has 2 saturated heterocycles. The number of alkyl halides is 10. The van der Waals surface area contributed by atoms with E-state index in [0.29, 0.717) is 16.7 Å². The van der Waals surface area contributed by atoms with E-state index in [0.717, 1.165) is 36.7 Å². The fraction of sp³-hybridized carbons (Fsp3) is 0.455. The van der Waals surface area contributed by atoms with Crippen molar-refractivity contribution >= 4 is 273 Å². The predicted octanol–water partition coefficient (Wildman–Crippen LogP) is 21.4. The van der Waals surface area contributed by atoms with Crippen LogP contribution in [0, 0.1) is 0 Å². The number of ketones is 3. The highest BCUT2D eigenvalue weighted by molar-refractivity contribution is 14.1. The van der Waals surface area contributed by atoms with Crippen LogP contribution in [0.5, 0.6) is 0 Å². The molecule has 105 heavy (non-hydrogen) atoms. The minimum atomic E-state index is -1.61. The first kappa shape index (κ1) is 92.7. The molecule has 8 rings (SSSR count). The molecule has 0 spiro atoms. The van der Waals surface area contributed by atoms with Crippen molar-refractivity contribution in [2.24, 2.45) is 0 Å². The lowest BCUT2D eigenvalue weighted by molar-refractivity contribution is -0.397. The molecule has 18 nitrogen and oxygen atoms in total. The van der Waals surface area contributed by atoms with E-state index in [4.69, 9.17) is 47.0 Å². The van der Waals surface area contributed by atoms with Crippen molar-refractivity contribution in [3.05, 3.63) is 178 Å². The minimum absolute atomic E-state index is 0.0350. The molecule has 0 amide bonds. The summed E-state index contributed by atoms with van der Waals surface area (Å²) in [4.78, 5) is 103. The Kier molecular flexibility index (Phi) is 34.3. The molecular formula is C77H84I10O18. The zero-order chi connectivity index (χ0) is 78.9. The second kappa shape index (κ2) is 38.8. The molecule has 6 aromatic rings. The first-order valence-corrected chi connectivity index (χ1v) is 44.5. The van der Waals surface area contributed by atoms with Gasteiger partial charge < -0.3 is 47.0 Å². The van der Waals surface area contributed by atoms with E-state index in [9.17, 15) is 38.4 Å². The van der Waals surface area contributed by atoms with E-state index >= 15 is 0 Å². The van der Waals surface area contributed by atoms with E-state index in [-0.39, 0.29) is 17.3 Å². The number of carbonyl (C=O) groups is 8. The Labute approximate surface area is 751 Å². The van der Waals surface area contributed by atoms with Crippen LogP contribution in [0.4, 0.5) is 0 Å². The van der Waals surface area contributed by atoms with Gasteiger partial charge in [-0.15, -0.1) is 0 Å². The second-order valence-corrected chi connectivity index (χ2v) is 51.7. The van der Waals surface area contributed by atoms with Crippen LogP contribution >= 0.6 is 226 Å². The Hall–Kier alpha value is -1.12. The molecule has 0 N–H and O–H groups in total. The molecule has 0 radical (unpaired) electrons. The molecule has 5 atom stereocenters. The molecule has 2 fully saturated rings. The Morgan fingerprint density at radius 1 is 0.333 bits per heavy atom. The van der Waals surface area contributed by atoms with Crippen molar-refractivity contribution in [2.45, 2.75) is 197 Å². The number of Topliss-reactive ketones (excluding diaryl/α,β-unsaturated/α-hetero) is 3. The zero-order valence-corrected chi connectivity index (χ0v) is 82.1. The van der Waals surface area contributed by atoms with Crippen molar-refractivity contribution in [1.29, 1.82) is 0 Å². The molecule has 2 aliphatic heterocycles.